The standard InChI is InChI=1S/C16H23N3O2/c1-4-17-11-13-7-6-8-14(20-3)16(13)21-12-15-18-9-10-19(15)5-2/h6-10,17H,4-5,11-12H2,1-3H3. The predicted molar refractivity (Wildman–Crippen MR) is 82.6 cm³/mol. The summed E-state index contributed by atoms with van der Waals surface area (Å²) in [6.07, 6.45) is 3.75. The maximum absolute atomic E-state index is 5.99. The number of aromatic nitrogens is 2. The van der Waals surface area contributed by atoms with Crippen molar-refractivity contribution in [1.29, 1.82) is 0 Å². The average molecular weight is 289 g/mol. The summed E-state index contributed by atoms with van der Waals surface area (Å²) in [6, 6.07) is 5.94. The van der Waals surface area contributed by atoms with Gasteiger partial charge in [0.05, 0.1) is 7.11 Å². The molecule has 1 aromatic heterocycles. The first-order valence-corrected chi connectivity index (χ1v) is 7.29. The molecular formula is C16H23N3O2. The van der Waals surface area contributed by atoms with Gasteiger partial charge in [-0.15, -0.1) is 0 Å². The molecule has 0 amide bonds. The monoisotopic (exact) mass is 289 g/mol. The van der Waals surface area contributed by atoms with Crippen molar-refractivity contribution in [2.24, 2.45) is 0 Å². The zero-order chi connectivity index (χ0) is 15.1. The first kappa shape index (κ1) is 15.4. The third-order valence-corrected chi connectivity index (χ3v) is 3.33. The zero-order valence-corrected chi connectivity index (χ0v) is 12.9. The van der Waals surface area contributed by atoms with Crippen LogP contribution in [-0.4, -0.2) is 23.2 Å². The molecule has 0 saturated carbocycles. The maximum Gasteiger partial charge on any atom is 0.166 e. The van der Waals surface area contributed by atoms with Crippen molar-refractivity contribution < 1.29 is 9.47 Å². The minimum atomic E-state index is 0.431. The van der Waals surface area contributed by atoms with Gasteiger partial charge in [-0.2, -0.15) is 0 Å². The minimum absolute atomic E-state index is 0.431. The van der Waals surface area contributed by atoms with Crippen LogP contribution in [0.1, 0.15) is 25.2 Å². The number of hydrogen-bond donors (Lipinski definition) is 1. The van der Waals surface area contributed by atoms with Crippen molar-refractivity contribution in [3.05, 3.63) is 42.0 Å². The molecule has 1 N–H and O–H groups in total. The predicted octanol–water partition coefficient (Wildman–Crippen LogP) is 2.60. The van der Waals surface area contributed by atoms with Gasteiger partial charge in [0.2, 0.25) is 0 Å². The lowest BCUT2D eigenvalue weighted by molar-refractivity contribution is 0.268. The Hall–Kier alpha value is -2.01. The number of hydrogen-bond acceptors (Lipinski definition) is 4. The van der Waals surface area contributed by atoms with E-state index in [1.807, 2.05) is 24.4 Å². The second kappa shape index (κ2) is 7.69. The van der Waals surface area contributed by atoms with Crippen molar-refractivity contribution in [3.8, 4) is 11.5 Å². The van der Waals surface area contributed by atoms with E-state index in [2.05, 4.69) is 28.7 Å². The smallest absolute Gasteiger partial charge is 0.166 e. The molecule has 2 rings (SSSR count). The van der Waals surface area contributed by atoms with Crippen LogP contribution >= 0.6 is 0 Å². The van der Waals surface area contributed by atoms with Gasteiger partial charge in [0.1, 0.15) is 12.4 Å². The Bertz CT molecular complexity index is 566. The fraction of sp³-hybridized carbons (Fsp3) is 0.438. The molecule has 0 saturated heterocycles. The Balaban J connectivity index is 2.17. The minimum Gasteiger partial charge on any atom is -0.493 e. The molecule has 0 fully saturated rings. The average Bonchev–Trinajstić information content (AvgIpc) is 2.98. The molecule has 1 heterocycles. The molecule has 0 bridgehead atoms. The van der Waals surface area contributed by atoms with Crippen LogP contribution in [0.5, 0.6) is 11.5 Å². The summed E-state index contributed by atoms with van der Waals surface area (Å²) in [5.41, 5.74) is 1.09. The lowest BCUT2D eigenvalue weighted by Gasteiger charge is -2.15. The largest absolute Gasteiger partial charge is 0.493 e. The van der Waals surface area contributed by atoms with Crippen LogP contribution in [0.3, 0.4) is 0 Å². The summed E-state index contributed by atoms with van der Waals surface area (Å²) < 4.78 is 13.5. The van der Waals surface area contributed by atoms with Crippen molar-refractivity contribution in [2.75, 3.05) is 13.7 Å². The van der Waals surface area contributed by atoms with Gasteiger partial charge < -0.3 is 19.4 Å². The number of rotatable bonds is 8. The second-order valence-electron chi connectivity index (χ2n) is 4.65. The molecular weight excluding hydrogens is 266 g/mol. The molecule has 2 aromatic rings. The van der Waals surface area contributed by atoms with E-state index >= 15 is 0 Å². The molecule has 0 spiro atoms. The van der Waals surface area contributed by atoms with Crippen LogP contribution in [0.4, 0.5) is 0 Å². The van der Waals surface area contributed by atoms with Crippen molar-refractivity contribution in [1.82, 2.24) is 14.9 Å². The van der Waals surface area contributed by atoms with Gasteiger partial charge in [0.25, 0.3) is 0 Å². The molecule has 0 aliphatic carbocycles. The summed E-state index contributed by atoms with van der Waals surface area (Å²) in [4.78, 5) is 4.33. The Morgan fingerprint density at radius 2 is 2.14 bits per heavy atom. The number of aryl methyl sites for hydroxylation is 1. The van der Waals surface area contributed by atoms with Gasteiger partial charge in [-0.1, -0.05) is 19.1 Å². The van der Waals surface area contributed by atoms with Crippen molar-refractivity contribution >= 4 is 0 Å². The van der Waals surface area contributed by atoms with Crippen LogP contribution in [0.2, 0.25) is 0 Å². The highest BCUT2D eigenvalue weighted by Gasteiger charge is 2.12. The first-order valence-electron chi connectivity index (χ1n) is 7.29. The van der Waals surface area contributed by atoms with Gasteiger partial charge in [0.15, 0.2) is 11.5 Å². The van der Waals surface area contributed by atoms with Crippen molar-refractivity contribution in [3.63, 3.8) is 0 Å². The zero-order valence-electron chi connectivity index (χ0n) is 12.9. The number of imidazole rings is 1. The Morgan fingerprint density at radius 3 is 2.86 bits per heavy atom. The SMILES string of the molecule is CCNCc1cccc(OC)c1OCc1nccn1CC. The lowest BCUT2D eigenvalue weighted by Crippen LogP contribution is -2.14. The second-order valence-corrected chi connectivity index (χ2v) is 4.65. The van der Waals surface area contributed by atoms with E-state index in [0.717, 1.165) is 42.5 Å². The number of nitrogens with one attached hydrogen (secondary N) is 1. The van der Waals surface area contributed by atoms with Crippen molar-refractivity contribution in [2.45, 2.75) is 33.5 Å². The van der Waals surface area contributed by atoms with Gasteiger partial charge in [0, 0.05) is 31.0 Å². The van der Waals surface area contributed by atoms with E-state index in [1.165, 1.54) is 0 Å². The van der Waals surface area contributed by atoms with E-state index in [9.17, 15) is 0 Å². The van der Waals surface area contributed by atoms with Gasteiger partial charge in [-0.3, -0.25) is 0 Å². The summed E-state index contributed by atoms with van der Waals surface area (Å²) in [5.74, 6) is 2.45. The molecule has 0 unspecified atom stereocenters. The third-order valence-electron chi connectivity index (χ3n) is 3.33. The van der Waals surface area contributed by atoms with E-state index in [1.54, 1.807) is 13.3 Å². The van der Waals surface area contributed by atoms with Gasteiger partial charge in [-0.05, 0) is 19.5 Å². The van der Waals surface area contributed by atoms with E-state index in [4.69, 9.17) is 9.47 Å². The molecule has 5 heteroatoms. The Morgan fingerprint density at radius 1 is 1.29 bits per heavy atom. The number of para-hydroxylation sites is 1. The van der Waals surface area contributed by atoms with Crippen LogP contribution in [0.25, 0.3) is 0 Å². The van der Waals surface area contributed by atoms with Gasteiger partial charge >= 0.3 is 0 Å². The lowest BCUT2D eigenvalue weighted by atomic mass is 10.2. The molecule has 1 aromatic carbocycles. The summed E-state index contributed by atoms with van der Waals surface area (Å²) in [6.45, 7) is 7.15. The van der Waals surface area contributed by atoms with E-state index < -0.39 is 0 Å². The molecule has 5 nitrogen and oxygen atoms in total. The molecule has 0 aliphatic rings. The molecule has 0 aliphatic heterocycles. The summed E-state index contributed by atoms with van der Waals surface area (Å²) in [5, 5.41) is 3.32. The van der Waals surface area contributed by atoms with Crippen LogP contribution in [-0.2, 0) is 19.7 Å². The highest BCUT2D eigenvalue weighted by molar-refractivity contribution is 5.46. The summed E-state index contributed by atoms with van der Waals surface area (Å²) in [7, 11) is 1.66. The molecule has 114 valence electrons. The number of nitrogens with zero attached hydrogens (tertiary/aromatic N) is 2. The van der Waals surface area contributed by atoms with E-state index in [-0.39, 0.29) is 0 Å². The molecule has 0 radical (unpaired) electrons. The molecule has 21 heavy (non-hydrogen) atoms. The Kier molecular flexibility index (Phi) is 5.63. The van der Waals surface area contributed by atoms with Crippen LogP contribution in [0, 0.1) is 0 Å². The van der Waals surface area contributed by atoms with Gasteiger partial charge in [-0.25, -0.2) is 4.98 Å². The van der Waals surface area contributed by atoms with Crippen LogP contribution in [0.15, 0.2) is 30.6 Å². The number of ether oxygens (including phenoxy) is 2. The maximum atomic E-state index is 5.99. The fourth-order valence-corrected chi connectivity index (χ4v) is 2.19. The fourth-order valence-electron chi connectivity index (χ4n) is 2.19. The topological polar surface area (TPSA) is 48.3 Å². The molecule has 0 atom stereocenters. The normalized spacial score (nSPS) is 10.6. The quantitative estimate of drug-likeness (QED) is 0.811. The number of methoxy groups -OCH3 is 1. The first-order chi connectivity index (χ1) is 10.3. The Labute approximate surface area is 125 Å². The number of benzene rings is 1. The third kappa shape index (κ3) is 3.76. The summed E-state index contributed by atoms with van der Waals surface area (Å²) >= 11 is 0. The highest BCUT2D eigenvalue weighted by Crippen LogP contribution is 2.31. The van der Waals surface area contributed by atoms with Crippen LogP contribution < -0.4 is 14.8 Å². The highest BCUT2D eigenvalue weighted by atomic mass is 16.5. The van der Waals surface area contributed by atoms with E-state index in [0.29, 0.717) is 6.61 Å².